The molecule has 1 aliphatic rings. The van der Waals surface area contributed by atoms with Crippen LogP contribution >= 0.6 is 11.6 Å². The quantitative estimate of drug-likeness (QED) is 0.433. The number of sulfonamides is 1. The number of methoxy groups -OCH3 is 1. The molecule has 5 nitrogen and oxygen atoms in total. The summed E-state index contributed by atoms with van der Waals surface area (Å²) in [6.45, 7) is 2.37. The van der Waals surface area contributed by atoms with Crippen molar-refractivity contribution in [1.29, 1.82) is 0 Å². The number of H-pyrrole nitrogens is 1. The first-order valence-electron chi connectivity index (χ1n) is 10.4. The molecule has 5 rings (SSSR count). The highest BCUT2D eigenvalue weighted by molar-refractivity contribution is 7.89. The van der Waals surface area contributed by atoms with E-state index in [2.05, 4.69) is 11.1 Å². The van der Waals surface area contributed by atoms with E-state index in [4.69, 9.17) is 16.3 Å². The van der Waals surface area contributed by atoms with Crippen molar-refractivity contribution in [3.63, 3.8) is 0 Å². The number of rotatable bonds is 4. The van der Waals surface area contributed by atoms with Gasteiger partial charge in [0.05, 0.1) is 13.2 Å². The summed E-state index contributed by atoms with van der Waals surface area (Å²) in [6, 6.07) is 20.3. The molecule has 0 fully saturated rings. The zero-order valence-electron chi connectivity index (χ0n) is 17.8. The number of halogens is 1. The predicted octanol–water partition coefficient (Wildman–Crippen LogP) is 5.47. The summed E-state index contributed by atoms with van der Waals surface area (Å²) in [5.41, 5.74) is 5.11. The zero-order valence-corrected chi connectivity index (χ0v) is 19.4. The molecular weight excluding hydrogens is 444 g/mol. The number of hydrogen-bond acceptors (Lipinski definition) is 3. The third kappa shape index (κ3) is 3.39. The molecule has 0 spiro atoms. The van der Waals surface area contributed by atoms with Crippen molar-refractivity contribution in [2.75, 3.05) is 13.7 Å². The number of aryl methyl sites for hydroxylation is 1. The summed E-state index contributed by atoms with van der Waals surface area (Å²) in [5.74, 6) is 0.277. The smallest absolute Gasteiger partial charge is 0.247 e. The Morgan fingerprint density at radius 1 is 1.06 bits per heavy atom. The Labute approximate surface area is 192 Å². The minimum Gasteiger partial charge on any atom is -0.495 e. The molecule has 4 aromatic rings. The molecule has 0 radical (unpaired) electrons. The van der Waals surface area contributed by atoms with Crippen LogP contribution in [0.5, 0.6) is 5.75 Å². The fraction of sp³-hybridized carbons (Fsp3) is 0.200. The molecule has 32 heavy (non-hydrogen) atoms. The van der Waals surface area contributed by atoms with Gasteiger partial charge in [0.2, 0.25) is 10.0 Å². The number of benzene rings is 3. The van der Waals surface area contributed by atoms with Gasteiger partial charge in [0.1, 0.15) is 10.6 Å². The van der Waals surface area contributed by atoms with Gasteiger partial charge >= 0.3 is 0 Å². The Hall–Kier alpha value is -2.80. The maximum Gasteiger partial charge on any atom is 0.247 e. The first kappa shape index (κ1) is 21.1. The number of ether oxygens (including phenoxy) is 1. The molecule has 3 aromatic carbocycles. The van der Waals surface area contributed by atoms with Gasteiger partial charge in [-0.25, -0.2) is 8.42 Å². The Kier molecular flexibility index (Phi) is 5.24. The molecule has 1 N–H and O–H groups in total. The highest BCUT2D eigenvalue weighted by Gasteiger charge is 2.40. The topological polar surface area (TPSA) is 62.4 Å². The Balaban J connectivity index is 1.73. The average molecular weight is 467 g/mol. The van der Waals surface area contributed by atoms with E-state index in [-0.39, 0.29) is 10.6 Å². The second-order valence-electron chi connectivity index (χ2n) is 8.04. The second-order valence-corrected chi connectivity index (χ2v) is 10.3. The minimum atomic E-state index is -3.91. The lowest BCUT2D eigenvalue weighted by Gasteiger charge is -2.35. The minimum absolute atomic E-state index is 0.0733. The van der Waals surface area contributed by atoms with Crippen molar-refractivity contribution in [2.45, 2.75) is 24.3 Å². The molecule has 1 aliphatic heterocycles. The van der Waals surface area contributed by atoms with Gasteiger partial charge in [0.15, 0.2) is 0 Å². The predicted molar refractivity (Wildman–Crippen MR) is 127 cm³/mol. The van der Waals surface area contributed by atoms with E-state index in [0.717, 1.165) is 33.3 Å². The van der Waals surface area contributed by atoms with Gasteiger partial charge in [0, 0.05) is 28.2 Å². The number of fused-ring (bicyclic) bond motifs is 3. The Morgan fingerprint density at radius 2 is 1.81 bits per heavy atom. The van der Waals surface area contributed by atoms with E-state index in [1.165, 1.54) is 13.2 Å². The van der Waals surface area contributed by atoms with Crippen LogP contribution in [0.25, 0.3) is 10.9 Å². The van der Waals surface area contributed by atoms with E-state index in [0.29, 0.717) is 18.0 Å². The van der Waals surface area contributed by atoms with Gasteiger partial charge in [-0.15, -0.1) is 0 Å². The van der Waals surface area contributed by atoms with E-state index >= 15 is 0 Å². The number of aromatic nitrogens is 1. The van der Waals surface area contributed by atoms with Gasteiger partial charge < -0.3 is 9.72 Å². The zero-order chi connectivity index (χ0) is 22.5. The molecule has 1 atom stereocenters. The molecule has 0 aliphatic carbocycles. The first-order chi connectivity index (χ1) is 15.4. The Bertz CT molecular complexity index is 1410. The molecule has 0 bridgehead atoms. The van der Waals surface area contributed by atoms with Crippen LogP contribution in [-0.4, -0.2) is 31.4 Å². The maximum atomic E-state index is 14.0. The van der Waals surface area contributed by atoms with E-state index < -0.39 is 16.1 Å². The molecule has 7 heteroatoms. The standard InChI is InChI=1S/C25H23ClN2O3S/c1-16-7-9-17(10-8-16)25-24-20(19-5-3-4-6-21(19)27-24)13-14-28(25)32(29,30)23-15-18(26)11-12-22(23)31-2/h3-12,15,25,27H,13-14H2,1-2H3/t25-/m1/s1. The number of nitrogens with one attached hydrogen (secondary N) is 1. The van der Waals surface area contributed by atoms with Crippen LogP contribution in [0.1, 0.15) is 28.4 Å². The van der Waals surface area contributed by atoms with Crippen molar-refractivity contribution in [3.05, 3.63) is 94.1 Å². The fourth-order valence-electron chi connectivity index (χ4n) is 4.54. The lowest BCUT2D eigenvalue weighted by molar-refractivity contribution is 0.336. The molecule has 0 saturated carbocycles. The summed E-state index contributed by atoms with van der Waals surface area (Å²) >= 11 is 6.18. The largest absolute Gasteiger partial charge is 0.495 e. The van der Waals surface area contributed by atoms with Crippen LogP contribution in [-0.2, 0) is 16.4 Å². The lowest BCUT2D eigenvalue weighted by Crippen LogP contribution is -2.40. The highest BCUT2D eigenvalue weighted by atomic mass is 35.5. The summed E-state index contributed by atoms with van der Waals surface area (Å²) < 4.78 is 34.9. The maximum absolute atomic E-state index is 14.0. The monoisotopic (exact) mass is 466 g/mol. The third-order valence-electron chi connectivity index (χ3n) is 6.10. The molecule has 0 amide bonds. The van der Waals surface area contributed by atoms with Crippen LogP contribution in [0.3, 0.4) is 0 Å². The molecule has 164 valence electrons. The lowest BCUT2D eigenvalue weighted by atomic mass is 9.94. The molecular formula is C25H23ClN2O3S. The van der Waals surface area contributed by atoms with Gasteiger partial charge in [-0.3, -0.25) is 0 Å². The normalized spacial score (nSPS) is 16.8. The van der Waals surface area contributed by atoms with Crippen molar-refractivity contribution in [1.82, 2.24) is 9.29 Å². The number of hydrogen-bond donors (Lipinski definition) is 1. The van der Waals surface area contributed by atoms with Crippen molar-refractivity contribution >= 4 is 32.5 Å². The molecule has 0 saturated heterocycles. The van der Waals surface area contributed by atoms with Crippen LogP contribution in [0.2, 0.25) is 5.02 Å². The van der Waals surface area contributed by atoms with Crippen LogP contribution in [0.15, 0.2) is 71.6 Å². The van der Waals surface area contributed by atoms with Crippen molar-refractivity contribution in [2.24, 2.45) is 0 Å². The molecule has 1 aromatic heterocycles. The Morgan fingerprint density at radius 3 is 2.56 bits per heavy atom. The fourth-order valence-corrected chi connectivity index (χ4v) is 6.55. The first-order valence-corrected chi connectivity index (χ1v) is 12.2. The van der Waals surface area contributed by atoms with Gasteiger partial charge in [-0.05, 0) is 48.7 Å². The van der Waals surface area contributed by atoms with Crippen LogP contribution < -0.4 is 4.74 Å². The molecule has 0 unspecified atom stereocenters. The highest BCUT2D eigenvalue weighted by Crippen LogP contribution is 2.42. The van der Waals surface area contributed by atoms with Gasteiger partial charge in [0.25, 0.3) is 0 Å². The average Bonchev–Trinajstić information content (AvgIpc) is 3.18. The van der Waals surface area contributed by atoms with Crippen molar-refractivity contribution in [3.8, 4) is 5.75 Å². The summed E-state index contributed by atoms with van der Waals surface area (Å²) in [5, 5.41) is 1.48. The number of aromatic amines is 1. The van der Waals surface area contributed by atoms with Crippen LogP contribution in [0.4, 0.5) is 0 Å². The third-order valence-corrected chi connectivity index (χ3v) is 8.22. The van der Waals surface area contributed by atoms with Crippen LogP contribution in [0, 0.1) is 6.92 Å². The number of para-hydroxylation sites is 1. The second kappa shape index (κ2) is 7.96. The van der Waals surface area contributed by atoms with E-state index in [1.807, 2.05) is 49.4 Å². The summed E-state index contributed by atoms with van der Waals surface area (Å²) in [6.07, 6.45) is 0.615. The van der Waals surface area contributed by atoms with E-state index in [9.17, 15) is 8.42 Å². The van der Waals surface area contributed by atoms with Gasteiger partial charge in [-0.1, -0.05) is 59.6 Å². The number of nitrogens with zero attached hydrogens (tertiary/aromatic N) is 1. The molecule has 2 heterocycles. The summed E-state index contributed by atoms with van der Waals surface area (Å²) in [4.78, 5) is 3.58. The summed E-state index contributed by atoms with van der Waals surface area (Å²) in [7, 11) is -2.45. The van der Waals surface area contributed by atoms with E-state index in [1.54, 1.807) is 16.4 Å². The van der Waals surface area contributed by atoms with Gasteiger partial charge in [-0.2, -0.15) is 4.31 Å². The van der Waals surface area contributed by atoms with Crippen molar-refractivity contribution < 1.29 is 13.2 Å². The SMILES string of the molecule is COc1ccc(Cl)cc1S(=O)(=O)N1CCc2c([nH]c3ccccc23)[C@H]1c1ccc(C)cc1.